The zero-order valence-corrected chi connectivity index (χ0v) is 11.8. The van der Waals surface area contributed by atoms with Crippen LogP contribution < -0.4 is 0 Å². The zero-order chi connectivity index (χ0) is 14.4. The Kier molecular flexibility index (Phi) is 4.56. The smallest absolute Gasteiger partial charge is 0.0116 e. The van der Waals surface area contributed by atoms with Crippen molar-refractivity contribution in [1.82, 2.24) is 4.90 Å². The van der Waals surface area contributed by atoms with Crippen molar-refractivity contribution in [3.05, 3.63) is 97.3 Å². The third-order valence-electron chi connectivity index (χ3n) is 3.15. The molecule has 1 heteroatoms. The van der Waals surface area contributed by atoms with E-state index in [1.54, 1.807) is 6.20 Å². The van der Waals surface area contributed by atoms with Gasteiger partial charge in [0.25, 0.3) is 0 Å². The van der Waals surface area contributed by atoms with E-state index >= 15 is 0 Å². The molecule has 0 radical (unpaired) electrons. The number of benzene rings is 2. The average Bonchev–Trinajstić information content (AvgIpc) is 2.53. The van der Waals surface area contributed by atoms with Gasteiger partial charge in [0.15, 0.2) is 0 Å². The van der Waals surface area contributed by atoms with E-state index in [-0.39, 0.29) is 0 Å². The first-order valence-electron chi connectivity index (χ1n) is 6.59. The molecule has 0 unspecified atom stereocenters. The highest BCUT2D eigenvalue weighted by Crippen LogP contribution is 2.29. The summed E-state index contributed by atoms with van der Waals surface area (Å²) < 4.78 is 0. The second-order valence-corrected chi connectivity index (χ2v) is 4.60. The van der Waals surface area contributed by atoms with E-state index < -0.39 is 0 Å². The summed E-state index contributed by atoms with van der Waals surface area (Å²) in [7, 11) is 1.97. The predicted molar refractivity (Wildman–Crippen MR) is 87.9 cm³/mol. The normalized spacial score (nSPS) is 10.9. The van der Waals surface area contributed by atoms with Crippen LogP contribution in [0.5, 0.6) is 0 Å². The molecule has 0 heterocycles. The molecule has 0 aliphatic carbocycles. The van der Waals surface area contributed by atoms with Crippen molar-refractivity contribution in [2.75, 3.05) is 7.05 Å². The minimum Gasteiger partial charge on any atom is -0.357 e. The van der Waals surface area contributed by atoms with E-state index in [0.29, 0.717) is 0 Å². The molecule has 0 saturated carbocycles. The summed E-state index contributed by atoms with van der Waals surface area (Å²) in [6, 6.07) is 20.5. The lowest BCUT2D eigenvalue weighted by molar-refractivity contribution is 0.631. The monoisotopic (exact) mass is 261 g/mol. The summed E-state index contributed by atoms with van der Waals surface area (Å²) in [5.41, 5.74) is 4.37. The molecule has 2 aromatic carbocycles. The molecule has 0 bridgehead atoms. The molecule has 20 heavy (non-hydrogen) atoms. The zero-order valence-electron chi connectivity index (χ0n) is 11.8. The molecule has 0 aliphatic rings. The second-order valence-electron chi connectivity index (χ2n) is 4.60. The molecule has 1 nitrogen and oxygen atoms in total. The van der Waals surface area contributed by atoms with E-state index in [4.69, 9.17) is 0 Å². The maximum atomic E-state index is 4.26. The van der Waals surface area contributed by atoms with Crippen LogP contribution in [-0.2, 0) is 0 Å². The van der Waals surface area contributed by atoms with Crippen LogP contribution in [0.15, 0.2) is 86.2 Å². The van der Waals surface area contributed by atoms with E-state index in [9.17, 15) is 0 Å². The third kappa shape index (κ3) is 3.27. The molecular weight excluding hydrogens is 242 g/mol. The number of allylic oxidation sites excluding steroid dienone is 2. The molecule has 100 valence electrons. The fraction of sp³-hybridized carbons (Fsp3) is 0.0526. The third-order valence-corrected chi connectivity index (χ3v) is 3.15. The summed E-state index contributed by atoms with van der Waals surface area (Å²) in [6.45, 7) is 8.05. The van der Waals surface area contributed by atoms with Gasteiger partial charge >= 0.3 is 0 Å². The van der Waals surface area contributed by atoms with Gasteiger partial charge < -0.3 is 4.90 Å². The Balaban J connectivity index is 2.45. The highest BCUT2D eigenvalue weighted by atomic mass is 15.0. The van der Waals surface area contributed by atoms with Crippen molar-refractivity contribution in [2.24, 2.45) is 0 Å². The van der Waals surface area contributed by atoms with Gasteiger partial charge in [-0.15, -0.1) is 0 Å². The molecule has 0 spiro atoms. The molecule has 2 aromatic rings. The molecular formula is C19H19N. The number of rotatable bonds is 5. The summed E-state index contributed by atoms with van der Waals surface area (Å²) in [4.78, 5) is 1.94. The Labute approximate surface area is 121 Å². The number of hydrogen-bond acceptors (Lipinski definition) is 1. The first kappa shape index (κ1) is 13.9. The Morgan fingerprint density at radius 2 is 1.40 bits per heavy atom. The maximum absolute atomic E-state index is 4.26. The summed E-state index contributed by atoms with van der Waals surface area (Å²) >= 11 is 0. The Hall–Kier alpha value is -2.54. The van der Waals surface area contributed by atoms with Crippen LogP contribution in [0.3, 0.4) is 0 Å². The van der Waals surface area contributed by atoms with Gasteiger partial charge in [-0.3, -0.25) is 0 Å². The molecule has 0 atom stereocenters. The topological polar surface area (TPSA) is 3.24 Å². The van der Waals surface area contributed by atoms with Gasteiger partial charge in [0.2, 0.25) is 0 Å². The molecule has 0 N–H and O–H groups in total. The van der Waals surface area contributed by atoms with E-state index in [0.717, 1.165) is 22.3 Å². The van der Waals surface area contributed by atoms with Crippen molar-refractivity contribution in [1.29, 1.82) is 0 Å². The van der Waals surface area contributed by atoms with Gasteiger partial charge in [-0.2, -0.15) is 0 Å². The number of hydrogen-bond donors (Lipinski definition) is 0. The minimum atomic E-state index is 1.01. The molecule has 0 amide bonds. The van der Waals surface area contributed by atoms with Crippen LogP contribution in [0.4, 0.5) is 0 Å². The van der Waals surface area contributed by atoms with Crippen molar-refractivity contribution in [3.8, 4) is 0 Å². The Morgan fingerprint density at radius 3 is 1.90 bits per heavy atom. The van der Waals surface area contributed by atoms with E-state index in [1.165, 1.54) is 0 Å². The van der Waals surface area contributed by atoms with Crippen molar-refractivity contribution >= 4 is 11.1 Å². The fourth-order valence-electron chi connectivity index (χ4n) is 2.00. The SMILES string of the molecule is C=CN(C)/C=C(\C(=C)c1ccccc1)c1ccccc1. The molecule has 0 aliphatic heterocycles. The average molecular weight is 261 g/mol. The van der Waals surface area contributed by atoms with E-state index in [1.807, 2.05) is 48.3 Å². The van der Waals surface area contributed by atoms with Crippen LogP contribution in [0.2, 0.25) is 0 Å². The first-order chi connectivity index (χ1) is 9.72. The summed E-state index contributed by atoms with van der Waals surface area (Å²) in [6.07, 6.45) is 3.83. The lowest BCUT2D eigenvalue weighted by Gasteiger charge is -2.15. The van der Waals surface area contributed by atoms with Crippen LogP contribution in [0.25, 0.3) is 11.1 Å². The van der Waals surface area contributed by atoms with Crippen LogP contribution in [0.1, 0.15) is 11.1 Å². The van der Waals surface area contributed by atoms with Crippen molar-refractivity contribution in [3.63, 3.8) is 0 Å². The first-order valence-corrected chi connectivity index (χ1v) is 6.59. The van der Waals surface area contributed by atoms with Gasteiger partial charge in [0.05, 0.1) is 0 Å². The summed E-state index contributed by atoms with van der Waals surface area (Å²) in [5.74, 6) is 0. The molecule has 0 aromatic heterocycles. The standard InChI is InChI=1S/C19H19N/c1-4-20(3)15-19(18-13-9-6-10-14-18)16(2)17-11-7-5-8-12-17/h4-15H,1-2H2,3H3/b19-15+. The minimum absolute atomic E-state index is 1.01. The van der Waals surface area contributed by atoms with Crippen LogP contribution in [0, 0.1) is 0 Å². The van der Waals surface area contributed by atoms with Gasteiger partial charge in [-0.25, -0.2) is 0 Å². The summed E-state index contributed by atoms with van der Waals surface area (Å²) in [5, 5.41) is 0. The molecule has 0 saturated heterocycles. The largest absolute Gasteiger partial charge is 0.357 e. The molecule has 0 fully saturated rings. The van der Waals surface area contributed by atoms with Crippen LogP contribution >= 0.6 is 0 Å². The Morgan fingerprint density at radius 1 is 0.900 bits per heavy atom. The lowest BCUT2D eigenvalue weighted by Crippen LogP contribution is -2.02. The highest BCUT2D eigenvalue weighted by Gasteiger charge is 2.08. The lowest BCUT2D eigenvalue weighted by atomic mass is 9.94. The van der Waals surface area contributed by atoms with Crippen molar-refractivity contribution in [2.45, 2.75) is 0 Å². The maximum Gasteiger partial charge on any atom is 0.0116 e. The van der Waals surface area contributed by atoms with E-state index in [2.05, 4.69) is 43.6 Å². The molecule has 2 rings (SSSR count). The van der Waals surface area contributed by atoms with Crippen molar-refractivity contribution < 1.29 is 0 Å². The van der Waals surface area contributed by atoms with Gasteiger partial charge in [0.1, 0.15) is 0 Å². The fourth-order valence-corrected chi connectivity index (χ4v) is 2.00. The second kappa shape index (κ2) is 6.58. The van der Waals surface area contributed by atoms with Gasteiger partial charge in [-0.1, -0.05) is 73.8 Å². The van der Waals surface area contributed by atoms with Gasteiger partial charge in [0, 0.05) is 18.8 Å². The van der Waals surface area contributed by atoms with Gasteiger partial charge in [-0.05, 0) is 22.9 Å². The Bertz CT molecular complexity index is 609. The quantitative estimate of drug-likeness (QED) is 0.698. The highest BCUT2D eigenvalue weighted by molar-refractivity contribution is 6.03. The number of nitrogens with zero attached hydrogens (tertiary/aromatic N) is 1. The predicted octanol–water partition coefficient (Wildman–Crippen LogP) is 4.82. The van der Waals surface area contributed by atoms with Crippen LogP contribution in [-0.4, -0.2) is 11.9 Å².